The Morgan fingerprint density at radius 2 is 1.77 bits per heavy atom. The molecule has 0 unspecified atom stereocenters. The standard InChI is InChI=1S/C22H18Cl2N2O4/c1-14(22(28)26-25-13-15-4-2-3-5-20(15)27)29-17-7-9-18(10-8-17)30-21-11-6-16(23)12-19(21)24/h2-14,27H,1H3,(H,26,28)/b25-13-/t14-/m0/s1. The average molecular weight is 445 g/mol. The number of hydrazone groups is 1. The third-order valence-electron chi connectivity index (χ3n) is 3.94. The molecular formula is C22H18Cl2N2O4. The Hall–Kier alpha value is -3.22. The van der Waals surface area contributed by atoms with Crippen LogP contribution in [-0.4, -0.2) is 23.3 Å². The van der Waals surface area contributed by atoms with E-state index in [4.69, 9.17) is 32.7 Å². The van der Waals surface area contributed by atoms with Crippen LogP contribution in [0.2, 0.25) is 10.0 Å². The summed E-state index contributed by atoms with van der Waals surface area (Å²) >= 11 is 12.0. The highest BCUT2D eigenvalue weighted by atomic mass is 35.5. The number of nitrogens with zero attached hydrogens (tertiary/aromatic N) is 1. The zero-order chi connectivity index (χ0) is 21.5. The van der Waals surface area contributed by atoms with Crippen LogP contribution < -0.4 is 14.9 Å². The van der Waals surface area contributed by atoms with Crippen molar-refractivity contribution in [3.63, 3.8) is 0 Å². The lowest BCUT2D eigenvalue weighted by molar-refractivity contribution is -0.127. The molecule has 0 aliphatic carbocycles. The largest absolute Gasteiger partial charge is 0.507 e. The summed E-state index contributed by atoms with van der Waals surface area (Å²) in [5.41, 5.74) is 2.87. The summed E-state index contributed by atoms with van der Waals surface area (Å²) < 4.78 is 11.3. The van der Waals surface area contributed by atoms with Gasteiger partial charge in [0.2, 0.25) is 0 Å². The molecule has 0 spiro atoms. The molecule has 3 rings (SSSR count). The lowest BCUT2D eigenvalue weighted by Crippen LogP contribution is -2.33. The maximum Gasteiger partial charge on any atom is 0.280 e. The Labute approximate surface area is 183 Å². The topological polar surface area (TPSA) is 80.2 Å². The number of benzene rings is 3. The fourth-order valence-corrected chi connectivity index (χ4v) is 2.83. The second-order valence-electron chi connectivity index (χ2n) is 6.20. The molecule has 1 amide bonds. The maximum absolute atomic E-state index is 12.1. The molecule has 0 aliphatic rings. The molecule has 0 saturated heterocycles. The maximum atomic E-state index is 12.1. The smallest absolute Gasteiger partial charge is 0.280 e. The number of aromatic hydroxyl groups is 1. The third-order valence-corrected chi connectivity index (χ3v) is 4.47. The van der Waals surface area contributed by atoms with Gasteiger partial charge in [-0.2, -0.15) is 5.10 Å². The SMILES string of the molecule is C[C@H](Oc1ccc(Oc2ccc(Cl)cc2Cl)cc1)C(=O)N/N=C\c1ccccc1O. The number of phenolic OH excluding ortho intramolecular Hbond substituents is 1. The van der Waals surface area contributed by atoms with Gasteiger partial charge in [-0.15, -0.1) is 0 Å². The van der Waals surface area contributed by atoms with Gasteiger partial charge in [-0.3, -0.25) is 4.79 Å². The van der Waals surface area contributed by atoms with E-state index in [0.717, 1.165) is 0 Å². The summed E-state index contributed by atoms with van der Waals surface area (Å²) in [5, 5.41) is 14.4. The summed E-state index contributed by atoms with van der Waals surface area (Å²) in [6.45, 7) is 1.60. The van der Waals surface area contributed by atoms with Crippen LogP contribution in [-0.2, 0) is 4.79 Å². The minimum Gasteiger partial charge on any atom is -0.507 e. The Morgan fingerprint density at radius 1 is 1.07 bits per heavy atom. The number of rotatable bonds is 7. The fraction of sp³-hybridized carbons (Fsp3) is 0.0909. The first-order valence-electron chi connectivity index (χ1n) is 8.93. The van der Waals surface area contributed by atoms with Crippen LogP contribution >= 0.6 is 23.2 Å². The zero-order valence-corrected chi connectivity index (χ0v) is 17.4. The van der Waals surface area contributed by atoms with E-state index in [1.165, 1.54) is 12.3 Å². The summed E-state index contributed by atoms with van der Waals surface area (Å²) in [6, 6.07) is 18.3. The number of ether oxygens (including phenoxy) is 2. The molecule has 0 aliphatic heterocycles. The zero-order valence-electron chi connectivity index (χ0n) is 15.9. The normalized spacial score (nSPS) is 11.8. The molecule has 3 aromatic rings. The van der Waals surface area contributed by atoms with Gasteiger partial charge in [0.1, 0.15) is 23.0 Å². The number of halogens is 2. The molecule has 8 heteroatoms. The number of hydrogen-bond acceptors (Lipinski definition) is 5. The Morgan fingerprint density at radius 3 is 2.47 bits per heavy atom. The van der Waals surface area contributed by atoms with Gasteiger partial charge in [-0.1, -0.05) is 35.3 Å². The van der Waals surface area contributed by atoms with Crippen LogP contribution in [0, 0.1) is 0 Å². The van der Waals surface area contributed by atoms with E-state index in [1.54, 1.807) is 67.6 Å². The molecule has 30 heavy (non-hydrogen) atoms. The van der Waals surface area contributed by atoms with Crippen molar-refractivity contribution in [2.45, 2.75) is 13.0 Å². The quantitative estimate of drug-likeness (QED) is 0.377. The van der Waals surface area contributed by atoms with Crippen LogP contribution in [0.3, 0.4) is 0 Å². The minimum atomic E-state index is -0.788. The van der Waals surface area contributed by atoms with E-state index in [0.29, 0.717) is 32.9 Å². The predicted molar refractivity (Wildman–Crippen MR) is 117 cm³/mol. The molecule has 0 bridgehead atoms. The first kappa shape index (κ1) is 21.5. The Balaban J connectivity index is 1.54. The molecule has 0 radical (unpaired) electrons. The van der Waals surface area contributed by atoms with Crippen LogP contribution in [0.25, 0.3) is 0 Å². The second-order valence-corrected chi connectivity index (χ2v) is 7.04. The van der Waals surface area contributed by atoms with E-state index in [-0.39, 0.29) is 5.75 Å². The van der Waals surface area contributed by atoms with Crippen molar-refractivity contribution < 1.29 is 19.4 Å². The van der Waals surface area contributed by atoms with Crippen molar-refractivity contribution in [2.24, 2.45) is 5.10 Å². The lowest BCUT2D eigenvalue weighted by atomic mass is 10.2. The number of carbonyl (C=O) groups excluding carboxylic acids is 1. The summed E-state index contributed by atoms with van der Waals surface area (Å²) in [5.74, 6) is 1.15. The first-order chi connectivity index (χ1) is 14.4. The van der Waals surface area contributed by atoms with Gasteiger partial charge in [-0.05, 0) is 61.5 Å². The van der Waals surface area contributed by atoms with Crippen LogP contribution in [0.15, 0.2) is 71.8 Å². The van der Waals surface area contributed by atoms with Gasteiger partial charge < -0.3 is 14.6 Å². The lowest BCUT2D eigenvalue weighted by Gasteiger charge is -2.13. The highest BCUT2D eigenvalue weighted by molar-refractivity contribution is 6.35. The van der Waals surface area contributed by atoms with Gasteiger partial charge in [0, 0.05) is 10.6 Å². The van der Waals surface area contributed by atoms with E-state index < -0.39 is 12.0 Å². The summed E-state index contributed by atoms with van der Waals surface area (Å²) in [7, 11) is 0. The van der Waals surface area contributed by atoms with E-state index in [2.05, 4.69) is 10.5 Å². The molecule has 6 nitrogen and oxygen atoms in total. The van der Waals surface area contributed by atoms with E-state index in [1.807, 2.05) is 0 Å². The number of para-hydroxylation sites is 1. The van der Waals surface area contributed by atoms with Crippen molar-refractivity contribution >= 4 is 35.3 Å². The predicted octanol–water partition coefficient (Wildman–Crippen LogP) is 5.41. The third kappa shape index (κ3) is 5.89. The van der Waals surface area contributed by atoms with Crippen molar-refractivity contribution in [1.82, 2.24) is 5.43 Å². The molecular weight excluding hydrogens is 427 g/mol. The molecule has 154 valence electrons. The molecule has 0 aromatic heterocycles. The van der Waals surface area contributed by atoms with E-state index >= 15 is 0 Å². The Kier molecular flexibility index (Phi) is 7.17. The van der Waals surface area contributed by atoms with Crippen molar-refractivity contribution in [3.8, 4) is 23.0 Å². The highest BCUT2D eigenvalue weighted by Crippen LogP contribution is 2.32. The Bertz CT molecular complexity index is 1060. The number of amides is 1. The molecule has 0 saturated carbocycles. The molecule has 3 aromatic carbocycles. The monoisotopic (exact) mass is 444 g/mol. The number of nitrogens with one attached hydrogen (secondary N) is 1. The summed E-state index contributed by atoms with van der Waals surface area (Å²) in [4.78, 5) is 12.1. The number of hydrogen-bond donors (Lipinski definition) is 2. The van der Waals surface area contributed by atoms with Crippen LogP contribution in [0.1, 0.15) is 12.5 Å². The molecule has 2 N–H and O–H groups in total. The van der Waals surface area contributed by atoms with Gasteiger partial charge >= 0.3 is 0 Å². The van der Waals surface area contributed by atoms with Crippen molar-refractivity contribution in [3.05, 3.63) is 82.3 Å². The van der Waals surface area contributed by atoms with Gasteiger partial charge in [0.25, 0.3) is 5.91 Å². The number of carbonyl (C=O) groups is 1. The average Bonchev–Trinajstić information content (AvgIpc) is 2.72. The van der Waals surface area contributed by atoms with Crippen molar-refractivity contribution in [1.29, 1.82) is 0 Å². The number of phenols is 1. The molecule has 1 atom stereocenters. The van der Waals surface area contributed by atoms with Crippen molar-refractivity contribution in [2.75, 3.05) is 0 Å². The second kappa shape index (κ2) is 10.0. The fourth-order valence-electron chi connectivity index (χ4n) is 2.38. The van der Waals surface area contributed by atoms with Crippen LogP contribution in [0.4, 0.5) is 0 Å². The van der Waals surface area contributed by atoms with Gasteiger partial charge in [0.05, 0.1) is 11.2 Å². The van der Waals surface area contributed by atoms with Gasteiger partial charge in [-0.25, -0.2) is 5.43 Å². The molecule has 0 heterocycles. The van der Waals surface area contributed by atoms with Crippen LogP contribution in [0.5, 0.6) is 23.0 Å². The summed E-state index contributed by atoms with van der Waals surface area (Å²) in [6.07, 6.45) is 0.567. The van der Waals surface area contributed by atoms with E-state index in [9.17, 15) is 9.90 Å². The van der Waals surface area contributed by atoms with Gasteiger partial charge in [0.15, 0.2) is 6.10 Å². The minimum absolute atomic E-state index is 0.0713. The first-order valence-corrected chi connectivity index (χ1v) is 9.68. The highest BCUT2D eigenvalue weighted by Gasteiger charge is 2.14. The molecule has 0 fully saturated rings.